The smallest absolute Gasteiger partial charge is 0.414 e. The molecule has 0 spiro atoms. The maximum absolute atomic E-state index is 15.2. The van der Waals surface area contributed by atoms with Crippen LogP contribution in [0.2, 0.25) is 0 Å². The summed E-state index contributed by atoms with van der Waals surface area (Å²) in [6.45, 7) is 8.76. The van der Waals surface area contributed by atoms with Gasteiger partial charge in [0.15, 0.2) is 0 Å². The number of piperidine rings is 1. The van der Waals surface area contributed by atoms with Gasteiger partial charge in [-0.15, -0.1) is 0 Å². The molecule has 9 nitrogen and oxygen atoms in total. The van der Waals surface area contributed by atoms with Gasteiger partial charge < -0.3 is 19.7 Å². The van der Waals surface area contributed by atoms with E-state index in [1.807, 2.05) is 20.8 Å². The van der Waals surface area contributed by atoms with E-state index in [9.17, 15) is 14.9 Å². The Hall–Kier alpha value is -3.78. The van der Waals surface area contributed by atoms with Crippen LogP contribution in [0.3, 0.4) is 0 Å². The average Bonchev–Trinajstić information content (AvgIpc) is 3.15. The molecule has 2 aliphatic heterocycles. The minimum Gasteiger partial charge on any atom is -0.444 e. The normalized spacial score (nSPS) is 25.5. The van der Waals surface area contributed by atoms with Gasteiger partial charge in [-0.2, -0.15) is 5.26 Å². The number of hydrogen-bond donors (Lipinski definition) is 1. The molecule has 2 saturated heterocycles. The van der Waals surface area contributed by atoms with E-state index < -0.39 is 22.9 Å². The summed E-state index contributed by atoms with van der Waals surface area (Å²) < 4.78 is 26.0. The Morgan fingerprint density at radius 1 is 1.28 bits per heavy atom. The fourth-order valence-corrected chi connectivity index (χ4v) is 5.59. The standard InChI is InChI=1S/C28H30FN5O4S/c1-16(39)31-11-19-12-34(26(36)37-19)18-6-7-20(23(29)9-18)17-5-8-24(32-10-17)28(15-30)21-13-33(14-22(21)28)25(35)38-27(2,3)4/h5-10,19,21-22H,11-14H2,1-4H3,(H,31,39)/t19-,21?,22?,28?/m0/s1. The fourth-order valence-electron chi connectivity index (χ4n) is 5.51. The first kappa shape index (κ1) is 26.8. The minimum atomic E-state index is -0.761. The van der Waals surface area contributed by atoms with Crippen LogP contribution in [-0.4, -0.2) is 64.9 Å². The van der Waals surface area contributed by atoms with Crippen LogP contribution < -0.4 is 10.2 Å². The predicted octanol–water partition coefficient (Wildman–Crippen LogP) is 4.41. The summed E-state index contributed by atoms with van der Waals surface area (Å²) in [7, 11) is 0. The number of ether oxygens (including phenoxy) is 2. The maximum atomic E-state index is 15.2. The Morgan fingerprint density at radius 3 is 2.56 bits per heavy atom. The molecule has 2 amide bonds. The third-order valence-corrected chi connectivity index (χ3v) is 7.58. The van der Waals surface area contributed by atoms with Crippen LogP contribution in [0.5, 0.6) is 0 Å². The first-order chi connectivity index (χ1) is 18.4. The van der Waals surface area contributed by atoms with Gasteiger partial charge in [0.05, 0.1) is 35.5 Å². The van der Waals surface area contributed by atoms with Crippen molar-refractivity contribution in [2.75, 3.05) is 31.1 Å². The molecule has 2 unspecified atom stereocenters. The molecule has 204 valence electrons. The molecule has 11 heteroatoms. The minimum absolute atomic E-state index is 0.0171. The van der Waals surface area contributed by atoms with Gasteiger partial charge in [-0.3, -0.25) is 9.88 Å². The number of nitrogens with zero attached hydrogens (tertiary/aromatic N) is 4. The lowest BCUT2D eigenvalue weighted by Gasteiger charge is -2.27. The van der Waals surface area contributed by atoms with Crippen LogP contribution in [0, 0.1) is 29.0 Å². The fraction of sp³-hybridized carbons (Fsp3) is 0.464. The lowest BCUT2D eigenvalue weighted by atomic mass is 9.95. The van der Waals surface area contributed by atoms with Gasteiger partial charge in [-0.05, 0) is 52.0 Å². The van der Waals surface area contributed by atoms with E-state index in [0.29, 0.717) is 47.1 Å². The second-order valence-corrected chi connectivity index (χ2v) is 11.8. The maximum Gasteiger partial charge on any atom is 0.414 e. The van der Waals surface area contributed by atoms with Crippen LogP contribution in [0.25, 0.3) is 11.1 Å². The van der Waals surface area contributed by atoms with Gasteiger partial charge in [0.1, 0.15) is 22.9 Å². The molecule has 1 aromatic carbocycles. The Kier molecular flexibility index (Phi) is 6.71. The highest BCUT2D eigenvalue weighted by atomic mass is 32.1. The third kappa shape index (κ3) is 5.01. The number of rotatable bonds is 5. The van der Waals surface area contributed by atoms with E-state index in [-0.39, 0.29) is 30.6 Å². The summed E-state index contributed by atoms with van der Waals surface area (Å²) >= 11 is 4.99. The summed E-state index contributed by atoms with van der Waals surface area (Å²) in [5.41, 5.74) is 0.564. The molecule has 1 N–H and O–H groups in total. The van der Waals surface area contributed by atoms with Crippen molar-refractivity contribution in [1.82, 2.24) is 15.2 Å². The highest BCUT2D eigenvalue weighted by molar-refractivity contribution is 7.80. The third-order valence-electron chi connectivity index (χ3n) is 7.43. The highest BCUT2D eigenvalue weighted by Gasteiger charge is 2.71. The van der Waals surface area contributed by atoms with Gasteiger partial charge in [-0.1, -0.05) is 18.3 Å². The monoisotopic (exact) mass is 551 g/mol. The number of cyclic esters (lactones) is 1. The average molecular weight is 552 g/mol. The van der Waals surface area contributed by atoms with Gasteiger partial charge in [-0.25, -0.2) is 14.0 Å². The number of carbonyl (C=O) groups is 2. The predicted molar refractivity (Wildman–Crippen MR) is 146 cm³/mol. The van der Waals surface area contributed by atoms with Crippen LogP contribution in [-0.2, 0) is 14.9 Å². The Bertz CT molecular complexity index is 1360. The van der Waals surface area contributed by atoms with Crippen molar-refractivity contribution in [1.29, 1.82) is 5.26 Å². The number of anilines is 1. The molecule has 3 heterocycles. The van der Waals surface area contributed by atoms with Crippen LogP contribution in [0.15, 0.2) is 36.5 Å². The van der Waals surface area contributed by atoms with Crippen LogP contribution in [0.4, 0.5) is 19.7 Å². The van der Waals surface area contributed by atoms with E-state index in [1.54, 1.807) is 42.3 Å². The summed E-state index contributed by atoms with van der Waals surface area (Å²) in [5.74, 6) is -0.537. The molecule has 1 saturated carbocycles. The number of halogens is 1. The Balaban J connectivity index is 1.26. The molecule has 5 rings (SSSR count). The molecular formula is C28H30FN5O4S. The topological polar surface area (TPSA) is 108 Å². The molecule has 3 fully saturated rings. The van der Waals surface area contributed by atoms with Crippen LogP contribution in [0.1, 0.15) is 33.4 Å². The van der Waals surface area contributed by atoms with Crippen molar-refractivity contribution in [2.24, 2.45) is 11.8 Å². The molecule has 2 aromatic rings. The number of amides is 2. The zero-order valence-electron chi connectivity index (χ0n) is 22.2. The first-order valence-corrected chi connectivity index (χ1v) is 13.2. The number of nitrogens with one attached hydrogen (secondary N) is 1. The quantitative estimate of drug-likeness (QED) is 0.545. The SMILES string of the molecule is CC(=S)NC[C@H]1CN(c2ccc(-c3ccc(C4(C#N)C5CN(C(=O)OC(C)(C)C)CC54)nc3)c(F)c2)C(=O)O1. The molecule has 1 aromatic heterocycles. The second-order valence-electron chi connectivity index (χ2n) is 11.2. The molecule has 0 radical (unpaired) electrons. The zero-order chi connectivity index (χ0) is 28.1. The number of carbonyl (C=O) groups excluding carboxylic acids is 2. The summed E-state index contributed by atoms with van der Waals surface area (Å²) in [5, 5.41) is 13.0. The second kappa shape index (κ2) is 9.75. The van der Waals surface area contributed by atoms with Gasteiger partial charge in [0.25, 0.3) is 0 Å². The summed E-state index contributed by atoms with van der Waals surface area (Å²) in [4.78, 5) is 32.9. The molecular weight excluding hydrogens is 521 g/mol. The van der Waals surface area contributed by atoms with Gasteiger partial charge >= 0.3 is 12.2 Å². The van der Waals surface area contributed by atoms with Crippen molar-refractivity contribution in [3.63, 3.8) is 0 Å². The van der Waals surface area contributed by atoms with Crippen molar-refractivity contribution < 1.29 is 23.5 Å². The number of hydrogen-bond acceptors (Lipinski definition) is 7. The summed E-state index contributed by atoms with van der Waals surface area (Å²) in [6, 6.07) is 10.5. The number of likely N-dealkylation sites (tertiary alicyclic amines) is 1. The Labute approximate surface area is 231 Å². The van der Waals surface area contributed by atoms with Crippen molar-refractivity contribution in [3.8, 4) is 17.2 Å². The van der Waals surface area contributed by atoms with E-state index in [0.717, 1.165) is 0 Å². The molecule has 3 aliphatic rings. The lowest BCUT2D eigenvalue weighted by Crippen LogP contribution is -2.39. The van der Waals surface area contributed by atoms with Crippen LogP contribution >= 0.6 is 12.2 Å². The first-order valence-electron chi connectivity index (χ1n) is 12.8. The van der Waals surface area contributed by atoms with E-state index >= 15 is 4.39 Å². The zero-order valence-corrected chi connectivity index (χ0v) is 23.0. The van der Waals surface area contributed by atoms with Gasteiger partial charge in [0.2, 0.25) is 0 Å². The largest absolute Gasteiger partial charge is 0.444 e. The summed E-state index contributed by atoms with van der Waals surface area (Å²) in [6.07, 6.45) is 0.263. The Morgan fingerprint density at radius 2 is 2.00 bits per heavy atom. The van der Waals surface area contributed by atoms with E-state index in [2.05, 4.69) is 16.4 Å². The number of nitriles is 1. The number of thiocarbonyl (C=S) groups is 1. The number of pyridine rings is 1. The van der Waals surface area contributed by atoms with Gasteiger partial charge in [0, 0.05) is 42.2 Å². The number of benzene rings is 1. The molecule has 1 aliphatic carbocycles. The van der Waals surface area contributed by atoms with Crippen molar-refractivity contribution in [2.45, 2.75) is 44.8 Å². The van der Waals surface area contributed by atoms with Crippen molar-refractivity contribution >= 4 is 35.1 Å². The number of fused-ring (bicyclic) bond motifs is 1. The number of aromatic nitrogens is 1. The lowest BCUT2D eigenvalue weighted by molar-refractivity contribution is 0.0265. The highest BCUT2D eigenvalue weighted by Crippen LogP contribution is 2.62. The molecule has 3 atom stereocenters. The van der Waals surface area contributed by atoms with E-state index in [1.165, 1.54) is 11.0 Å². The molecule has 0 bridgehead atoms. The molecule has 39 heavy (non-hydrogen) atoms. The van der Waals surface area contributed by atoms with E-state index in [4.69, 9.17) is 21.7 Å². The van der Waals surface area contributed by atoms with Crippen molar-refractivity contribution in [3.05, 3.63) is 48.0 Å².